The molecule has 0 aliphatic rings. The van der Waals surface area contributed by atoms with Crippen molar-refractivity contribution in [3.05, 3.63) is 23.8 Å². The molecule has 0 radical (unpaired) electrons. The van der Waals surface area contributed by atoms with Gasteiger partial charge in [0.25, 0.3) is 0 Å². The van der Waals surface area contributed by atoms with E-state index in [1.165, 1.54) is 38.5 Å². The van der Waals surface area contributed by atoms with Gasteiger partial charge in [-0.3, -0.25) is 0 Å². The Morgan fingerprint density at radius 2 is 1.53 bits per heavy atom. The first kappa shape index (κ1) is 12.2. The average Bonchev–Trinajstić information content (AvgIpc) is 2.26. The van der Waals surface area contributed by atoms with Crippen LogP contribution in [-0.4, -0.2) is 9.97 Å². The second kappa shape index (κ2) is 7.38. The predicted octanol–water partition coefficient (Wildman–Crippen LogP) is 3.69. The fourth-order valence-corrected chi connectivity index (χ4v) is 1.61. The molecule has 0 aromatic carbocycles. The van der Waals surface area contributed by atoms with Crippen LogP contribution in [0.25, 0.3) is 0 Å². The van der Waals surface area contributed by atoms with Crippen LogP contribution in [0.2, 0.25) is 0 Å². The molecule has 2 nitrogen and oxygen atoms in total. The zero-order valence-electron chi connectivity index (χ0n) is 10.00. The molecule has 0 bridgehead atoms. The summed E-state index contributed by atoms with van der Waals surface area (Å²) in [5, 5.41) is 0. The smallest absolute Gasteiger partial charge is 0.128 e. The Bertz CT molecular complexity index is 254. The van der Waals surface area contributed by atoms with E-state index in [1.807, 2.05) is 19.3 Å². The minimum Gasteiger partial charge on any atom is -0.241 e. The highest BCUT2D eigenvalue weighted by atomic mass is 14.9. The van der Waals surface area contributed by atoms with Crippen molar-refractivity contribution in [1.82, 2.24) is 9.97 Å². The highest BCUT2D eigenvalue weighted by Crippen LogP contribution is 2.07. The van der Waals surface area contributed by atoms with Crippen molar-refractivity contribution in [1.29, 1.82) is 0 Å². The van der Waals surface area contributed by atoms with Gasteiger partial charge in [-0.05, 0) is 18.9 Å². The predicted molar refractivity (Wildman–Crippen MR) is 63.8 cm³/mol. The Morgan fingerprint density at radius 3 is 2.20 bits per heavy atom. The minimum atomic E-state index is 0.996. The summed E-state index contributed by atoms with van der Waals surface area (Å²) < 4.78 is 0. The van der Waals surface area contributed by atoms with E-state index >= 15 is 0 Å². The number of aromatic nitrogens is 2. The molecule has 1 aromatic heterocycles. The van der Waals surface area contributed by atoms with Crippen LogP contribution < -0.4 is 0 Å². The van der Waals surface area contributed by atoms with Crippen molar-refractivity contribution in [3.63, 3.8) is 0 Å². The molecule has 0 atom stereocenters. The molecule has 0 unspecified atom stereocenters. The number of hydrogen-bond acceptors (Lipinski definition) is 2. The summed E-state index contributed by atoms with van der Waals surface area (Å²) in [5.74, 6) is 0.996. The van der Waals surface area contributed by atoms with Crippen LogP contribution >= 0.6 is 0 Å². The van der Waals surface area contributed by atoms with Crippen LogP contribution in [0.4, 0.5) is 0 Å². The molecule has 0 aliphatic heterocycles. The van der Waals surface area contributed by atoms with Gasteiger partial charge >= 0.3 is 0 Å². The highest BCUT2D eigenvalue weighted by molar-refractivity contribution is 5.01. The van der Waals surface area contributed by atoms with Crippen molar-refractivity contribution in [3.8, 4) is 0 Å². The highest BCUT2D eigenvalue weighted by Gasteiger charge is 1.96. The van der Waals surface area contributed by atoms with Gasteiger partial charge in [0.1, 0.15) is 5.82 Å². The quantitative estimate of drug-likeness (QED) is 0.636. The van der Waals surface area contributed by atoms with Gasteiger partial charge < -0.3 is 0 Å². The largest absolute Gasteiger partial charge is 0.241 e. The summed E-state index contributed by atoms with van der Waals surface area (Å²) in [6, 6.07) is 0. The molecule has 0 amide bonds. The van der Waals surface area contributed by atoms with Crippen molar-refractivity contribution in [2.24, 2.45) is 0 Å². The Labute approximate surface area is 93.2 Å². The van der Waals surface area contributed by atoms with E-state index in [0.29, 0.717) is 0 Å². The maximum Gasteiger partial charge on any atom is 0.128 e. The number of unbranched alkanes of at least 4 members (excludes halogenated alkanes) is 5. The molecular formula is C13H22N2. The lowest BCUT2D eigenvalue weighted by Crippen LogP contribution is -1.94. The summed E-state index contributed by atoms with van der Waals surface area (Å²) in [6.45, 7) is 4.27. The van der Waals surface area contributed by atoms with Crippen molar-refractivity contribution >= 4 is 0 Å². The Hall–Kier alpha value is -0.920. The van der Waals surface area contributed by atoms with Crippen molar-refractivity contribution in [2.45, 2.75) is 58.8 Å². The van der Waals surface area contributed by atoms with Crippen LogP contribution in [0.5, 0.6) is 0 Å². The summed E-state index contributed by atoms with van der Waals surface area (Å²) in [7, 11) is 0. The number of rotatable bonds is 7. The maximum absolute atomic E-state index is 4.30. The molecule has 15 heavy (non-hydrogen) atoms. The molecule has 84 valence electrons. The van der Waals surface area contributed by atoms with Gasteiger partial charge in [0.15, 0.2) is 0 Å². The van der Waals surface area contributed by atoms with E-state index in [0.717, 1.165) is 17.8 Å². The lowest BCUT2D eigenvalue weighted by atomic mass is 10.1. The molecule has 1 rings (SSSR count). The molecule has 0 saturated carbocycles. The van der Waals surface area contributed by atoms with E-state index in [9.17, 15) is 0 Å². The number of hydrogen-bond donors (Lipinski definition) is 0. The van der Waals surface area contributed by atoms with Gasteiger partial charge in [-0.1, -0.05) is 39.0 Å². The molecule has 0 N–H and O–H groups in total. The van der Waals surface area contributed by atoms with Gasteiger partial charge in [0, 0.05) is 18.8 Å². The van der Waals surface area contributed by atoms with Crippen LogP contribution in [0.15, 0.2) is 12.4 Å². The van der Waals surface area contributed by atoms with E-state index in [1.54, 1.807) is 0 Å². The van der Waals surface area contributed by atoms with Gasteiger partial charge in [0.2, 0.25) is 0 Å². The second-order valence-electron chi connectivity index (χ2n) is 4.19. The van der Waals surface area contributed by atoms with E-state index in [-0.39, 0.29) is 0 Å². The molecule has 0 aliphatic carbocycles. The zero-order valence-corrected chi connectivity index (χ0v) is 10.00. The molecule has 0 saturated heterocycles. The van der Waals surface area contributed by atoms with E-state index < -0.39 is 0 Å². The summed E-state index contributed by atoms with van der Waals surface area (Å²) in [5.41, 5.74) is 1.14. The molecule has 2 heteroatoms. The third-order valence-electron chi connectivity index (χ3n) is 2.59. The zero-order chi connectivity index (χ0) is 10.9. The molecule has 1 aromatic rings. The second-order valence-corrected chi connectivity index (χ2v) is 4.19. The standard InChI is InChI=1S/C13H22N2/c1-3-4-5-6-7-8-9-13-14-10-12(2)11-15-13/h10-11H,3-9H2,1-2H3. The lowest BCUT2D eigenvalue weighted by molar-refractivity contribution is 0.600. The third kappa shape index (κ3) is 5.50. The number of nitrogens with zero attached hydrogens (tertiary/aromatic N) is 2. The maximum atomic E-state index is 4.30. The Balaban J connectivity index is 2.07. The van der Waals surface area contributed by atoms with E-state index in [2.05, 4.69) is 16.9 Å². The monoisotopic (exact) mass is 206 g/mol. The summed E-state index contributed by atoms with van der Waals surface area (Å²) >= 11 is 0. The SMILES string of the molecule is CCCCCCCCc1ncc(C)cn1. The van der Waals surface area contributed by atoms with E-state index in [4.69, 9.17) is 0 Å². The average molecular weight is 206 g/mol. The topological polar surface area (TPSA) is 25.8 Å². The molecule has 1 heterocycles. The Morgan fingerprint density at radius 1 is 0.933 bits per heavy atom. The van der Waals surface area contributed by atoms with Crippen LogP contribution in [-0.2, 0) is 6.42 Å². The van der Waals surface area contributed by atoms with Crippen molar-refractivity contribution in [2.75, 3.05) is 0 Å². The fourth-order valence-electron chi connectivity index (χ4n) is 1.61. The number of aryl methyl sites for hydroxylation is 2. The Kier molecular flexibility index (Phi) is 5.98. The first-order valence-corrected chi connectivity index (χ1v) is 6.10. The van der Waals surface area contributed by atoms with Gasteiger partial charge in [-0.15, -0.1) is 0 Å². The molecular weight excluding hydrogens is 184 g/mol. The van der Waals surface area contributed by atoms with Gasteiger partial charge in [-0.2, -0.15) is 0 Å². The van der Waals surface area contributed by atoms with Crippen LogP contribution in [0.1, 0.15) is 56.8 Å². The molecule has 0 spiro atoms. The summed E-state index contributed by atoms with van der Waals surface area (Å²) in [4.78, 5) is 8.60. The van der Waals surface area contributed by atoms with Crippen LogP contribution in [0.3, 0.4) is 0 Å². The third-order valence-corrected chi connectivity index (χ3v) is 2.59. The van der Waals surface area contributed by atoms with Crippen molar-refractivity contribution < 1.29 is 0 Å². The fraction of sp³-hybridized carbons (Fsp3) is 0.692. The first-order valence-electron chi connectivity index (χ1n) is 6.10. The first-order chi connectivity index (χ1) is 7.33. The minimum absolute atomic E-state index is 0.996. The van der Waals surface area contributed by atoms with Gasteiger partial charge in [0.05, 0.1) is 0 Å². The molecule has 0 fully saturated rings. The normalized spacial score (nSPS) is 10.5. The summed E-state index contributed by atoms with van der Waals surface area (Å²) in [6.07, 6.45) is 12.8. The van der Waals surface area contributed by atoms with Crippen LogP contribution in [0, 0.1) is 6.92 Å². The lowest BCUT2D eigenvalue weighted by Gasteiger charge is -2.00. The van der Waals surface area contributed by atoms with Gasteiger partial charge in [-0.25, -0.2) is 9.97 Å².